The number of aromatic nitrogens is 1. The fourth-order valence-electron chi connectivity index (χ4n) is 6.37. The van der Waals surface area contributed by atoms with Crippen molar-refractivity contribution in [2.75, 3.05) is 37.0 Å². The van der Waals surface area contributed by atoms with Crippen molar-refractivity contribution in [3.63, 3.8) is 0 Å². The van der Waals surface area contributed by atoms with Gasteiger partial charge in [-0.15, -0.1) is 0 Å². The van der Waals surface area contributed by atoms with E-state index < -0.39 is 5.72 Å². The van der Waals surface area contributed by atoms with Crippen LogP contribution in [0.2, 0.25) is 0 Å². The summed E-state index contributed by atoms with van der Waals surface area (Å²) in [7, 11) is 4.21. The summed E-state index contributed by atoms with van der Waals surface area (Å²) in [6, 6.07) is 22.5. The zero-order valence-corrected chi connectivity index (χ0v) is 22.2. The van der Waals surface area contributed by atoms with Crippen molar-refractivity contribution in [1.29, 1.82) is 0 Å². The van der Waals surface area contributed by atoms with Gasteiger partial charge in [0.05, 0.1) is 6.61 Å². The van der Waals surface area contributed by atoms with Crippen molar-refractivity contribution >= 4 is 39.3 Å². The van der Waals surface area contributed by atoms with E-state index in [-0.39, 0.29) is 5.41 Å². The molecule has 4 heteroatoms. The van der Waals surface area contributed by atoms with Gasteiger partial charge in [-0.3, -0.25) is 0 Å². The fraction of sp³-hybridized carbons (Fsp3) is 0.375. The number of rotatable bonds is 6. The third-order valence-electron chi connectivity index (χ3n) is 8.43. The van der Waals surface area contributed by atoms with Crippen molar-refractivity contribution < 1.29 is 4.74 Å². The topological polar surface area (TPSA) is 20.6 Å². The van der Waals surface area contributed by atoms with Crippen LogP contribution in [0, 0.1) is 0 Å². The summed E-state index contributed by atoms with van der Waals surface area (Å²) in [6.07, 6.45) is 6.97. The summed E-state index contributed by atoms with van der Waals surface area (Å²) in [4.78, 5) is 4.64. The zero-order chi connectivity index (χ0) is 25.1. The molecule has 0 spiro atoms. The third-order valence-corrected chi connectivity index (χ3v) is 8.43. The Kier molecular flexibility index (Phi) is 5.42. The van der Waals surface area contributed by atoms with Gasteiger partial charge in [-0.1, -0.05) is 57.5 Å². The van der Waals surface area contributed by atoms with Crippen molar-refractivity contribution in [2.24, 2.45) is 0 Å². The first-order chi connectivity index (χ1) is 17.4. The molecule has 0 N–H and O–H groups in total. The fourth-order valence-corrected chi connectivity index (χ4v) is 6.37. The van der Waals surface area contributed by atoms with Gasteiger partial charge in [0.2, 0.25) is 0 Å². The van der Waals surface area contributed by atoms with E-state index in [0.717, 1.165) is 19.7 Å². The van der Waals surface area contributed by atoms with E-state index in [0.29, 0.717) is 0 Å². The van der Waals surface area contributed by atoms with Crippen LogP contribution in [0.4, 0.5) is 11.4 Å². The Labute approximate surface area is 214 Å². The first-order valence-corrected chi connectivity index (χ1v) is 13.3. The van der Waals surface area contributed by atoms with Crippen LogP contribution in [0.15, 0.2) is 66.7 Å². The Morgan fingerprint density at radius 1 is 0.972 bits per heavy atom. The normalized spacial score (nSPS) is 20.5. The summed E-state index contributed by atoms with van der Waals surface area (Å²) < 4.78 is 9.10. The van der Waals surface area contributed by atoms with Gasteiger partial charge in [0.25, 0.3) is 0 Å². The molecule has 4 aromatic rings. The quantitative estimate of drug-likeness (QED) is 0.292. The third kappa shape index (κ3) is 3.24. The van der Waals surface area contributed by atoms with E-state index in [1.165, 1.54) is 57.1 Å². The van der Waals surface area contributed by atoms with Crippen molar-refractivity contribution in [2.45, 2.75) is 51.3 Å². The number of hydrogen-bond donors (Lipinski definition) is 0. The van der Waals surface area contributed by atoms with Crippen molar-refractivity contribution in [3.8, 4) is 0 Å². The van der Waals surface area contributed by atoms with Crippen LogP contribution in [0.25, 0.3) is 27.9 Å². The van der Waals surface area contributed by atoms with Crippen LogP contribution in [0.5, 0.6) is 0 Å². The van der Waals surface area contributed by atoms with Crippen LogP contribution >= 0.6 is 0 Å². The highest BCUT2D eigenvalue weighted by atomic mass is 16.5. The Morgan fingerprint density at radius 2 is 1.78 bits per heavy atom. The first kappa shape index (κ1) is 23.2. The average Bonchev–Trinajstić information content (AvgIpc) is 3.50. The molecule has 2 aliphatic heterocycles. The van der Waals surface area contributed by atoms with Gasteiger partial charge < -0.3 is 19.1 Å². The monoisotopic (exact) mass is 479 g/mol. The summed E-state index contributed by atoms with van der Waals surface area (Å²) >= 11 is 0. The minimum absolute atomic E-state index is 0.179. The molecule has 186 valence electrons. The lowest BCUT2D eigenvalue weighted by Gasteiger charge is -2.39. The molecule has 1 unspecified atom stereocenters. The Hall–Kier alpha value is -3.24. The second-order valence-corrected chi connectivity index (χ2v) is 11.0. The number of anilines is 2. The van der Waals surface area contributed by atoms with Crippen LogP contribution in [-0.2, 0) is 16.7 Å². The van der Waals surface area contributed by atoms with Gasteiger partial charge in [-0.05, 0) is 60.0 Å². The maximum absolute atomic E-state index is 6.61. The summed E-state index contributed by atoms with van der Waals surface area (Å²) in [6.45, 7) is 9.62. The molecule has 36 heavy (non-hydrogen) atoms. The molecule has 0 bridgehead atoms. The lowest BCUT2D eigenvalue weighted by Crippen LogP contribution is -2.51. The van der Waals surface area contributed by atoms with Gasteiger partial charge >= 0.3 is 0 Å². The predicted octanol–water partition coefficient (Wildman–Crippen LogP) is 7.20. The van der Waals surface area contributed by atoms with E-state index in [9.17, 15) is 0 Å². The minimum atomic E-state index is -0.482. The Balaban J connectivity index is 1.42. The molecular weight excluding hydrogens is 442 g/mol. The van der Waals surface area contributed by atoms with E-state index in [1.807, 2.05) is 0 Å². The van der Waals surface area contributed by atoms with Crippen LogP contribution in [0.1, 0.15) is 44.7 Å². The molecule has 6 rings (SSSR count). The molecule has 0 aliphatic carbocycles. The van der Waals surface area contributed by atoms with Crippen molar-refractivity contribution in [1.82, 2.24) is 4.57 Å². The van der Waals surface area contributed by atoms with Crippen molar-refractivity contribution in [3.05, 3.63) is 77.9 Å². The smallest absolute Gasteiger partial charge is 0.170 e. The summed E-state index contributed by atoms with van der Waals surface area (Å²) in [5, 5.41) is 2.66. The number of aryl methyl sites for hydroxylation is 1. The molecule has 0 saturated carbocycles. The molecule has 0 radical (unpaired) electrons. The molecule has 1 saturated heterocycles. The SMILES string of the molecule is CCCCn1c2ccccc2c2cc(C=CC34OCCN3c3ccc(N(C)C)cc3C4(C)C)ccc21. The molecule has 1 aromatic heterocycles. The van der Waals surface area contributed by atoms with Crippen LogP contribution in [0.3, 0.4) is 0 Å². The molecule has 0 amide bonds. The summed E-state index contributed by atoms with van der Waals surface area (Å²) in [5.41, 5.74) is 7.08. The second kappa shape index (κ2) is 8.41. The van der Waals surface area contributed by atoms with E-state index in [4.69, 9.17) is 4.74 Å². The molecule has 4 nitrogen and oxygen atoms in total. The molecule has 3 heterocycles. The maximum atomic E-state index is 6.61. The van der Waals surface area contributed by atoms with Gasteiger partial charge in [-0.2, -0.15) is 0 Å². The standard InChI is InChI=1S/C32H37N3O/c1-6-7-18-34-28-11-9-8-10-25(28)26-21-23(12-14-29(26)34)16-17-32-31(2,3)27-22-24(33(4)5)13-15-30(27)35(32)19-20-36-32/h8-17,21-22H,6-7,18-20H2,1-5H3. The van der Waals surface area contributed by atoms with E-state index in [1.54, 1.807) is 0 Å². The van der Waals surface area contributed by atoms with Gasteiger partial charge in [0.15, 0.2) is 5.72 Å². The number of fused-ring (bicyclic) bond motifs is 6. The molecule has 2 aliphatic rings. The highest BCUT2D eigenvalue weighted by molar-refractivity contribution is 6.08. The minimum Gasteiger partial charge on any atom is -0.378 e. The maximum Gasteiger partial charge on any atom is 0.170 e. The second-order valence-electron chi connectivity index (χ2n) is 11.0. The number of benzene rings is 3. The van der Waals surface area contributed by atoms with Crippen LogP contribution in [-0.4, -0.2) is 37.5 Å². The first-order valence-electron chi connectivity index (χ1n) is 13.3. The molecule has 1 fully saturated rings. The summed E-state index contributed by atoms with van der Waals surface area (Å²) in [5.74, 6) is 0. The largest absolute Gasteiger partial charge is 0.378 e. The lowest BCUT2D eigenvalue weighted by molar-refractivity contribution is 0.000345. The number of para-hydroxylation sites is 1. The highest BCUT2D eigenvalue weighted by Gasteiger charge is 2.59. The van der Waals surface area contributed by atoms with E-state index >= 15 is 0 Å². The van der Waals surface area contributed by atoms with Crippen LogP contribution < -0.4 is 9.80 Å². The Morgan fingerprint density at radius 3 is 2.58 bits per heavy atom. The molecule has 3 aromatic carbocycles. The number of ether oxygens (including phenoxy) is 1. The Bertz CT molecular complexity index is 1480. The number of unbranched alkanes of at least 4 members (excludes halogenated alkanes) is 1. The average molecular weight is 480 g/mol. The lowest BCUT2D eigenvalue weighted by atomic mass is 9.77. The van der Waals surface area contributed by atoms with Gasteiger partial charge in [0.1, 0.15) is 0 Å². The van der Waals surface area contributed by atoms with Gasteiger partial charge in [0, 0.05) is 65.8 Å². The number of nitrogens with zero attached hydrogens (tertiary/aromatic N) is 3. The number of hydrogen-bond acceptors (Lipinski definition) is 3. The zero-order valence-electron chi connectivity index (χ0n) is 22.2. The highest BCUT2D eigenvalue weighted by Crippen LogP contribution is 2.55. The predicted molar refractivity (Wildman–Crippen MR) is 153 cm³/mol. The molecular formula is C32H37N3O. The van der Waals surface area contributed by atoms with E-state index in [2.05, 4.69) is 122 Å². The molecule has 1 atom stereocenters. The van der Waals surface area contributed by atoms with Gasteiger partial charge in [-0.25, -0.2) is 0 Å².